The molecule has 2 N–H and O–H groups in total. The van der Waals surface area contributed by atoms with Crippen molar-refractivity contribution < 1.29 is 0 Å². The summed E-state index contributed by atoms with van der Waals surface area (Å²) in [6, 6.07) is 3.93. The molecular formula is C11H13N3S. The van der Waals surface area contributed by atoms with Gasteiger partial charge in [0.05, 0.1) is 16.7 Å². The first-order valence-corrected chi connectivity index (χ1v) is 5.70. The molecule has 0 amide bonds. The van der Waals surface area contributed by atoms with E-state index in [0.29, 0.717) is 0 Å². The second-order valence-electron chi connectivity index (χ2n) is 3.46. The summed E-state index contributed by atoms with van der Waals surface area (Å²) in [4.78, 5) is 8.44. The molecule has 0 radical (unpaired) electrons. The summed E-state index contributed by atoms with van der Waals surface area (Å²) in [6.45, 7) is 1.99. The predicted molar refractivity (Wildman–Crippen MR) is 61.7 cm³/mol. The lowest BCUT2D eigenvalue weighted by atomic mass is 10.1. The van der Waals surface area contributed by atoms with Gasteiger partial charge in [0.2, 0.25) is 0 Å². The minimum atomic E-state index is -0.0286. The Morgan fingerprint density at radius 1 is 1.53 bits per heavy atom. The topological polar surface area (TPSA) is 51.8 Å². The maximum Gasteiger partial charge on any atom is 0.0898 e. The van der Waals surface area contributed by atoms with Crippen LogP contribution in [0.4, 0.5) is 0 Å². The Morgan fingerprint density at radius 2 is 2.40 bits per heavy atom. The van der Waals surface area contributed by atoms with E-state index in [4.69, 9.17) is 5.73 Å². The van der Waals surface area contributed by atoms with E-state index < -0.39 is 0 Å². The van der Waals surface area contributed by atoms with Gasteiger partial charge in [0.15, 0.2) is 0 Å². The second-order valence-corrected chi connectivity index (χ2v) is 4.53. The lowest BCUT2D eigenvalue weighted by molar-refractivity contribution is 0.698. The highest BCUT2D eigenvalue weighted by Crippen LogP contribution is 2.17. The predicted octanol–water partition coefficient (Wildman–Crippen LogP) is 2.09. The minimum Gasteiger partial charge on any atom is -0.322 e. The van der Waals surface area contributed by atoms with E-state index in [1.54, 1.807) is 17.5 Å². The number of rotatable bonds is 3. The molecule has 0 aliphatic carbocycles. The van der Waals surface area contributed by atoms with Gasteiger partial charge < -0.3 is 5.73 Å². The highest BCUT2D eigenvalue weighted by molar-refractivity contribution is 7.09. The molecule has 0 aromatic carbocycles. The standard InChI is InChI=1S/C11H13N3S/c1-8-14-11(7-15-8)10(12)5-9-3-2-4-13-6-9/h2-4,6-7,10H,5,12H2,1H3. The second kappa shape index (κ2) is 4.51. The quantitative estimate of drug-likeness (QED) is 0.860. The van der Waals surface area contributed by atoms with Gasteiger partial charge >= 0.3 is 0 Å². The number of nitrogens with zero attached hydrogens (tertiary/aromatic N) is 2. The highest BCUT2D eigenvalue weighted by atomic mass is 32.1. The maximum absolute atomic E-state index is 6.06. The largest absolute Gasteiger partial charge is 0.322 e. The third-order valence-corrected chi connectivity index (χ3v) is 2.99. The molecule has 0 spiro atoms. The molecular weight excluding hydrogens is 206 g/mol. The zero-order chi connectivity index (χ0) is 10.7. The fourth-order valence-electron chi connectivity index (χ4n) is 1.43. The van der Waals surface area contributed by atoms with Crippen molar-refractivity contribution >= 4 is 11.3 Å². The van der Waals surface area contributed by atoms with Crippen molar-refractivity contribution in [3.8, 4) is 0 Å². The summed E-state index contributed by atoms with van der Waals surface area (Å²) in [5.41, 5.74) is 8.18. The Hall–Kier alpha value is -1.26. The number of aryl methyl sites for hydroxylation is 1. The van der Waals surface area contributed by atoms with Crippen LogP contribution in [0.5, 0.6) is 0 Å². The number of aromatic nitrogens is 2. The minimum absolute atomic E-state index is 0.0286. The molecule has 0 bridgehead atoms. The smallest absolute Gasteiger partial charge is 0.0898 e. The van der Waals surface area contributed by atoms with Crippen molar-refractivity contribution in [2.45, 2.75) is 19.4 Å². The van der Waals surface area contributed by atoms with Gasteiger partial charge in [-0.2, -0.15) is 0 Å². The molecule has 2 rings (SSSR count). The average Bonchev–Trinajstić information content (AvgIpc) is 2.66. The summed E-state index contributed by atoms with van der Waals surface area (Å²) >= 11 is 1.64. The zero-order valence-electron chi connectivity index (χ0n) is 8.55. The number of thiazole rings is 1. The van der Waals surface area contributed by atoms with E-state index in [2.05, 4.69) is 9.97 Å². The van der Waals surface area contributed by atoms with Gasteiger partial charge in [0.1, 0.15) is 0 Å². The molecule has 3 nitrogen and oxygen atoms in total. The first kappa shape index (κ1) is 10.3. The maximum atomic E-state index is 6.06. The molecule has 1 unspecified atom stereocenters. The van der Waals surface area contributed by atoms with E-state index in [1.165, 1.54) is 0 Å². The summed E-state index contributed by atoms with van der Waals surface area (Å²) in [6.07, 6.45) is 4.40. The number of hydrogen-bond acceptors (Lipinski definition) is 4. The molecule has 0 aliphatic rings. The summed E-state index contributed by atoms with van der Waals surface area (Å²) in [5.74, 6) is 0. The first-order valence-electron chi connectivity index (χ1n) is 4.82. The van der Waals surface area contributed by atoms with Crippen molar-refractivity contribution in [3.63, 3.8) is 0 Å². The first-order chi connectivity index (χ1) is 7.25. The number of pyridine rings is 1. The van der Waals surface area contributed by atoms with E-state index >= 15 is 0 Å². The van der Waals surface area contributed by atoms with Gasteiger partial charge in [-0.05, 0) is 25.0 Å². The van der Waals surface area contributed by atoms with Crippen LogP contribution >= 0.6 is 11.3 Å². The fraction of sp³-hybridized carbons (Fsp3) is 0.273. The van der Waals surface area contributed by atoms with E-state index in [9.17, 15) is 0 Å². The summed E-state index contributed by atoms with van der Waals surface area (Å²) in [7, 11) is 0. The Balaban J connectivity index is 2.07. The lowest BCUT2D eigenvalue weighted by Crippen LogP contribution is -2.13. The van der Waals surface area contributed by atoms with E-state index in [0.717, 1.165) is 22.7 Å². The Labute approximate surface area is 93.0 Å². The van der Waals surface area contributed by atoms with Crippen LogP contribution in [0.2, 0.25) is 0 Å². The van der Waals surface area contributed by atoms with Gasteiger partial charge in [-0.1, -0.05) is 6.07 Å². The van der Waals surface area contributed by atoms with Crippen molar-refractivity contribution in [1.29, 1.82) is 0 Å². The third-order valence-electron chi connectivity index (χ3n) is 2.20. The Bertz CT molecular complexity index is 424. The van der Waals surface area contributed by atoms with Crippen LogP contribution in [0.3, 0.4) is 0 Å². The van der Waals surface area contributed by atoms with Gasteiger partial charge in [0, 0.05) is 17.8 Å². The Kier molecular flexibility index (Phi) is 3.08. The van der Waals surface area contributed by atoms with Crippen LogP contribution in [0.1, 0.15) is 22.3 Å². The molecule has 15 heavy (non-hydrogen) atoms. The van der Waals surface area contributed by atoms with Gasteiger partial charge in [-0.3, -0.25) is 4.98 Å². The SMILES string of the molecule is Cc1nc(C(N)Cc2cccnc2)cs1. The van der Waals surface area contributed by atoms with Gasteiger partial charge in [-0.15, -0.1) is 11.3 Å². The molecule has 2 heterocycles. The molecule has 0 saturated heterocycles. The van der Waals surface area contributed by atoms with Crippen LogP contribution in [-0.2, 0) is 6.42 Å². The highest BCUT2D eigenvalue weighted by Gasteiger charge is 2.09. The normalized spacial score (nSPS) is 12.7. The third kappa shape index (κ3) is 2.61. The van der Waals surface area contributed by atoms with Crippen LogP contribution in [0, 0.1) is 6.92 Å². The van der Waals surface area contributed by atoms with Crippen molar-refractivity contribution in [2.75, 3.05) is 0 Å². The van der Waals surface area contributed by atoms with Crippen LogP contribution in [0.15, 0.2) is 29.9 Å². The number of hydrogen-bond donors (Lipinski definition) is 1. The number of nitrogens with two attached hydrogens (primary N) is 1. The van der Waals surface area contributed by atoms with Crippen molar-refractivity contribution in [3.05, 3.63) is 46.2 Å². The van der Waals surface area contributed by atoms with Crippen molar-refractivity contribution in [1.82, 2.24) is 9.97 Å². The molecule has 4 heteroatoms. The van der Waals surface area contributed by atoms with Crippen LogP contribution in [0.25, 0.3) is 0 Å². The molecule has 0 fully saturated rings. The average molecular weight is 219 g/mol. The van der Waals surface area contributed by atoms with Crippen molar-refractivity contribution in [2.24, 2.45) is 5.73 Å². The van der Waals surface area contributed by atoms with E-state index in [-0.39, 0.29) is 6.04 Å². The molecule has 2 aromatic rings. The van der Waals surface area contributed by atoms with Gasteiger partial charge in [-0.25, -0.2) is 4.98 Å². The molecule has 78 valence electrons. The monoisotopic (exact) mass is 219 g/mol. The van der Waals surface area contributed by atoms with Gasteiger partial charge in [0.25, 0.3) is 0 Å². The molecule has 2 aromatic heterocycles. The zero-order valence-corrected chi connectivity index (χ0v) is 9.37. The fourth-order valence-corrected chi connectivity index (χ4v) is 2.10. The molecule has 0 saturated carbocycles. The van der Waals surface area contributed by atoms with Crippen LogP contribution in [-0.4, -0.2) is 9.97 Å². The lowest BCUT2D eigenvalue weighted by Gasteiger charge is -2.07. The van der Waals surface area contributed by atoms with Crippen LogP contribution < -0.4 is 5.73 Å². The molecule has 0 aliphatic heterocycles. The summed E-state index contributed by atoms with van der Waals surface area (Å²) < 4.78 is 0. The summed E-state index contributed by atoms with van der Waals surface area (Å²) in [5, 5.41) is 3.09. The Morgan fingerprint density at radius 3 is 3.00 bits per heavy atom. The van der Waals surface area contributed by atoms with E-state index in [1.807, 2.05) is 30.6 Å². The molecule has 1 atom stereocenters.